The van der Waals surface area contributed by atoms with Crippen molar-refractivity contribution in [1.29, 1.82) is 0 Å². The Morgan fingerprint density at radius 3 is 2.29 bits per heavy atom. The van der Waals surface area contributed by atoms with Crippen LogP contribution in [0.4, 0.5) is 0 Å². The molecule has 5 rings (SSSR count). The number of fused-ring (bicyclic) bond motifs is 1. The van der Waals surface area contributed by atoms with Gasteiger partial charge in [0.25, 0.3) is 5.91 Å². The second-order valence-corrected chi connectivity index (χ2v) is 10.5. The van der Waals surface area contributed by atoms with Crippen LogP contribution in [0, 0.1) is 5.92 Å². The van der Waals surface area contributed by atoms with Crippen LogP contribution >= 0.6 is 0 Å². The summed E-state index contributed by atoms with van der Waals surface area (Å²) in [6.07, 6.45) is 8.66. The minimum absolute atomic E-state index is 0.0343. The zero-order chi connectivity index (χ0) is 23.3. The predicted octanol–water partition coefficient (Wildman–Crippen LogP) is 2.91. The molecule has 1 amide bonds. The van der Waals surface area contributed by atoms with E-state index in [0.29, 0.717) is 18.2 Å². The first-order valence-electron chi connectivity index (χ1n) is 13.3. The van der Waals surface area contributed by atoms with E-state index in [0.717, 1.165) is 75.9 Å². The van der Waals surface area contributed by atoms with Gasteiger partial charge in [0.2, 0.25) is 0 Å². The van der Waals surface area contributed by atoms with E-state index in [-0.39, 0.29) is 18.1 Å². The fraction of sp³-hybridized carbons (Fsp3) is 0.667. The fourth-order valence-corrected chi connectivity index (χ4v) is 5.77. The van der Waals surface area contributed by atoms with Crippen molar-refractivity contribution in [3.05, 3.63) is 36.0 Å². The molecule has 2 N–H and O–H groups in total. The van der Waals surface area contributed by atoms with E-state index in [9.17, 15) is 9.90 Å². The van der Waals surface area contributed by atoms with E-state index < -0.39 is 0 Å². The SMILES string of the molecule is O=C(NC1CCN(CCN2CCC(O)CC2)CC1)c1cc2ccccc2n1OCC1CCCC1. The molecule has 0 spiro atoms. The summed E-state index contributed by atoms with van der Waals surface area (Å²) in [5, 5.41) is 14.0. The van der Waals surface area contributed by atoms with Gasteiger partial charge in [0.15, 0.2) is 0 Å². The number of amides is 1. The third kappa shape index (κ3) is 5.75. The molecule has 0 bridgehead atoms. The number of hydrogen-bond donors (Lipinski definition) is 2. The van der Waals surface area contributed by atoms with Crippen LogP contribution in [0.2, 0.25) is 0 Å². The number of carbonyl (C=O) groups is 1. The van der Waals surface area contributed by atoms with Crippen molar-refractivity contribution in [2.75, 3.05) is 45.9 Å². The molecule has 3 aliphatic rings. The molecule has 2 aliphatic heterocycles. The van der Waals surface area contributed by atoms with Gasteiger partial charge in [-0.2, -0.15) is 4.73 Å². The Kier molecular flexibility index (Phi) is 7.72. The molecule has 2 saturated heterocycles. The number of carbonyl (C=O) groups excluding carboxylic acids is 1. The Morgan fingerprint density at radius 1 is 0.941 bits per heavy atom. The summed E-state index contributed by atoms with van der Waals surface area (Å²) < 4.78 is 1.77. The molecule has 1 saturated carbocycles. The van der Waals surface area contributed by atoms with Crippen LogP contribution < -0.4 is 10.2 Å². The highest BCUT2D eigenvalue weighted by molar-refractivity contribution is 5.98. The average Bonchev–Trinajstić information content (AvgIpc) is 3.51. The summed E-state index contributed by atoms with van der Waals surface area (Å²) in [5.74, 6) is 0.560. The van der Waals surface area contributed by atoms with Gasteiger partial charge in [-0.25, -0.2) is 0 Å². The van der Waals surface area contributed by atoms with Crippen molar-refractivity contribution < 1.29 is 14.7 Å². The molecule has 1 aromatic heterocycles. The molecule has 0 unspecified atom stereocenters. The third-order valence-electron chi connectivity index (χ3n) is 8.03. The molecule has 186 valence electrons. The Bertz CT molecular complexity index is 938. The van der Waals surface area contributed by atoms with E-state index in [1.807, 2.05) is 30.3 Å². The van der Waals surface area contributed by atoms with Crippen LogP contribution in [0.25, 0.3) is 10.9 Å². The molecule has 3 heterocycles. The fourth-order valence-electron chi connectivity index (χ4n) is 5.77. The van der Waals surface area contributed by atoms with Crippen molar-refractivity contribution in [1.82, 2.24) is 19.8 Å². The number of para-hydroxylation sites is 1. The third-order valence-corrected chi connectivity index (χ3v) is 8.03. The minimum atomic E-state index is -0.109. The van der Waals surface area contributed by atoms with E-state index >= 15 is 0 Å². The highest BCUT2D eigenvalue weighted by Crippen LogP contribution is 2.25. The molecule has 0 atom stereocenters. The van der Waals surface area contributed by atoms with Gasteiger partial charge in [0.1, 0.15) is 12.3 Å². The molecule has 1 aliphatic carbocycles. The number of nitrogens with one attached hydrogen (secondary N) is 1. The second-order valence-electron chi connectivity index (χ2n) is 10.5. The van der Waals surface area contributed by atoms with Gasteiger partial charge in [-0.15, -0.1) is 0 Å². The predicted molar refractivity (Wildman–Crippen MR) is 134 cm³/mol. The van der Waals surface area contributed by atoms with Crippen LogP contribution in [-0.4, -0.2) is 83.6 Å². The smallest absolute Gasteiger partial charge is 0.271 e. The maximum absolute atomic E-state index is 13.3. The number of rotatable bonds is 8. The Balaban J connectivity index is 1.14. The van der Waals surface area contributed by atoms with Crippen LogP contribution in [0.3, 0.4) is 0 Å². The van der Waals surface area contributed by atoms with Crippen molar-refractivity contribution in [2.24, 2.45) is 5.92 Å². The number of aliphatic hydroxyl groups excluding tert-OH is 1. The van der Waals surface area contributed by atoms with Crippen LogP contribution in [0.1, 0.15) is 61.9 Å². The number of aliphatic hydroxyl groups is 1. The summed E-state index contributed by atoms with van der Waals surface area (Å²) in [4.78, 5) is 24.5. The van der Waals surface area contributed by atoms with Crippen molar-refractivity contribution in [2.45, 2.75) is 63.5 Å². The Labute approximate surface area is 203 Å². The molecule has 1 aromatic carbocycles. The lowest BCUT2D eigenvalue weighted by Gasteiger charge is -2.35. The molecule has 2 aromatic rings. The summed E-state index contributed by atoms with van der Waals surface area (Å²) in [5.41, 5.74) is 1.57. The Hall–Kier alpha value is -2.09. The maximum atomic E-state index is 13.3. The highest BCUT2D eigenvalue weighted by atomic mass is 16.7. The van der Waals surface area contributed by atoms with Crippen LogP contribution in [0.5, 0.6) is 0 Å². The molecule has 7 heteroatoms. The molecule has 3 fully saturated rings. The zero-order valence-electron chi connectivity index (χ0n) is 20.3. The van der Waals surface area contributed by atoms with Gasteiger partial charge in [-0.05, 0) is 56.6 Å². The van der Waals surface area contributed by atoms with Crippen LogP contribution in [-0.2, 0) is 0 Å². The van der Waals surface area contributed by atoms with Crippen molar-refractivity contribution in [3.8, 4) is 0 Å². The topological polar surface area (TPSA) is 70.0 Å². The Morgan fingerprint density at radius 2 is 1.59 bits per heavy atom. The number of benzene rings is 1. The van der Waals surface area contributed by atoms with E-state index in [2.05, 4.69) is 15.1 Å². The molecule has 0 radical (unpaired) electrons. The van der Waals surface area contributed by atoms with Gasteiger partial charge < -0.3 is 25.1 Å². The molecule has 34 heavy (non-hydrogen) atoms. The largest absolute Gasteiger partial charge is 0.413 e. The number of nitrogens with zero attached hydrogens (tertiary/aromatic N) is 3. The van der Waals surface area contributed by atoms with Gasteiger partial charge in [-0.3, -0.25) is 4.79 Å². The lowest BCUT2D eigenvalue weighted by molar-refractivity contribution is 0.0689. The molecular weight excluding hydrogens is 428 g/mol. The molecular formula is C27H40N4O3. The average molecular weight is 469 g/mol. The summed E-state index contributed by atoms with van der Waals surface area (Å²) in [6.45, 7) is 6.86. The summed E-state index contributed by atoms with van der Waals surface area (Å²) in [6, 6.07) is 10.2. The first kappa shape index (κ1) is 23.6. The molecule has 7 nitrogen and oxygen atoms in total. The maximum Gasteiger partial charge on any atom is 0.271 e. The number of aromatic nitrogens is 1. The van der Waals surface area contributed by atoms with Crippen LogP contribution in [0.15, 0.2) is 30.3 Å². The number of hydrogen-bond acceptors (Lipinski definition) is 5. The standard InChI is InChI=1S/C27H40N4O3/c32-24-11-15-30(16-12-24)18-17-29-13-9-23(10-14-29)28-27(33)26-19-22-7-3-4-8-25(22)31(26)34-20-21-5-1-2-6-21/h3-4,7-8,19,21,23-24,32H,1-2,5-6,9-18,20H2,(H,28,33). The van der Waals surface area contributed by atoms with Gasteiger partial charge >= 0.3 is 0 Å². The van der Waals surface area contributed by atoms with E-state index in [1.54, 1.807) is 4.73 Å². The number of piperidine rings is 2. The zero-order valence-corrected chi connectivity index (χ0v) is 20.3. The summed E-state index contributed by atoms with van der Waals surface area (Å²) in [7, 11) is 0. The van der Waals surface area contributed by atoms with Gasteiger partial charge in [-0.1, -0.05) is 31.0 Å². The normalized spacial score (nSPS) is 21.9. The lowest BCUT2D eigenvalue weighted by Crippen LogP contribution is -2.47. The van der Waals surface area contributed by atoms with Gasteiger partial charge in [0, 0.05) is 50.7 Å². The minimum Gasteiger partial charge on any atom is -0.413 e. The first-order chi connectivity index (χ1) is 16.7. The second kappa shape index (κ2) is 11.1. The van der Waals surface area contributed by atoms with E-state index in [4.69, 9.17) is 4.84 Å². The quantitative estimate of drug-likeness (QED) is 0.624. The van der Waals surface area contributed by atoms with Crippen molar-refractivity contribution >= 4 is 16.8 Å². The summed E-state index contributed by atoms with van der Waals surface area (Å²) >= 11 is 0. The lowest BCUT2D eigenvalue weighted by atomic mass is 10.0. The van der Waals surface area contributed by atoms with Crippen molar-refractivity contribution in [3.63, 3.8) is 0 Å². The first-order valence-corrected chi connectivity index (χ1v) is 13.3. The van der Waals surface area contributed by atoms with Gasteiger partial charge in [0.05, 0.1) is 11.6 Å². The number of likely N-dealkylation sites (tertiary alicyclic amines) is 2. The highest BCUT2D eigenvalue weighted by Gasteiger charge is 2.25. The monoisotopic (exact) mass is 468 g/mol. The van der Waals surface area contributed by atoms with E-state index in [1.165, 1.54) is 25.7 Å².